The standard InChI is InChI=1S/C19H16O4/c1-12-6-7-16-14(10-12)11-13-4-2-3-5-15(13)19(16)23-18(22)9-8-17(20)21/h2-7,10-11H,8-9H2,1H3,(H,20,21). The SMILES string of the molecule is Cc1ccc2c(OC(=O)CCC(=O)O)c3ccccc3cc2c1. The van der Waals surface area contributed by atoms with E-state index in [0.29, 0.717) is 5.75 Å². The van der Waals surface area contributed by atoms with E-state index in [4.69, 9.17) is 9.84 Å². The van der Waals surface area contributed by atoms with Crippen LogP contribution >= 0.6 is 0 Å². The molecule has 0 amide bonds. The van der Waals surface area contributed by atoms with Crippen LogP contribution in [0.15, 0.2) is 48.5 Å². The van der Waals surface area contributed by atoms with Crippen LogP contribution in [0.1, 0.15) is 18.4 Å². The van der Waals surface area contributed by atoms with Crippen molar-refractivity contribution in [3.8, 4) is 5.75 Å². The van der Waals surface area contributed by atoms with Gasteiger partial charge in [0.2, 0.25) is 0 Å². The number of aliphatic carboxylic acids is 1. The normalized spacial score (nSPS) is 10.8. The highest BCUT2D eigenvalue weighted by atomic mass is 16.5. The van der Waals surface area contributed by atoms with Gasteiger partial charge in [-0.05, 0) is 23.8 Å². The summed E-state index contributed by atoms with van der Waals surface area (Å²) in [6, 6.07) is 15.7. The molecule has 3 rings (SSSR count). The monoisotopic (exact) mass is 308 g/mol. The molecule has 4 nitrogen and oxygen atoms in total. The van der Waals surface area contributed by atoms with Gasteiger partial charge in [-0.1, -0.05) is 48.0 Å². The molecule has 0 radical (unpaired) electrons. The first-order valence-electron chi connectivity index (χ1n) is 7.39. The Hall–Kier alpha value is -2.88. The molecular weight excluding hydrogens is 292 g/mol. The quantitative estimate of drug-likeness (QED) is 0.448. The predicted octanol–water partition coefficient (Wildman–Crippen LogP) is 4.07. The number of carbonyl (C=O) groups is 2. The van der Waals surface area contributed by atoms with E-state index < -0.39 is 11.9 Å². The molecular formula is C19H16O4. The third-order valence-electron chi connectivity index (χ3n) is 3.73. The predicted molar refractivity (Wildman–Crippen MR) is 88.7 cm³/mol. The van der Waals surface area contributed by atoms with Gasteiger partial charge >= 0.3 is 11.9 Å². The van der Waals surface area contributed by atoms with E-state index in [-0.39, 0.29) is 12.8 Å². The van der Waals surface area contributed by atoms with Gasteiger partial charge in [0, 0.05) is 10.8 Å². The van der Waals surface area contributed by atoms with E-state index in [2.05, 4.69) is 6.07 Å². The second-order valence-electron chi connectivity index (χ2n) is 5.52. The van der Waals surface area contributed by atoms with Crippen molar-refractivity contribution in [2.75, 3.05) is 0 Å². The first kappa shape index (κ1) is 15.0. The summed E-state index contributed by atoms with van der Waals surface area (Å²) in [5.74, 6) is -1.06. The van der Waals surface area contributed by atoms with E-state index in [1.807, 2.05) is 49.4 Å². The molecule has 0 saturated carbocycles. The minimum atomic E-state index is -1.01. The lowest BCUT2D eigenvalue weighted by molar-refractivity contribution is -0.142. The molecule has 0 unspecified atom stereocenters. The van der Waals surface area contributed by atoms with Crippen LogP contribution < -0.4 is 4.74 Å². The maximum atomic E-state index is 12.0. The zero-order chi connectivity index (χ0) is 16.4. The van der Waals surface area contributed by atoms with Gasteiger partial charge in [-0.15, -0.1) is 0 Å². The Balaban J connectivity index is 2.11. The highest BCUT2D eigenvalue weighted by molar-refractivity contribution is 6.06. The van der Waals surface area contributed by atoms with Gasteiger partial charge in [-0.2, -0.15) is 0 Å². The van der Waals surface area contributed by atoms with Gasteiger partial charge in [0.05, 0.1) is 12.8 Å². The van der Waals surface area contributed by atoms with Crippen molar-refractivity contribution in [1.82, 2.24) is 0 Å². The third-order valence-corrected chi connectivity index (χ3v) is 3.73. The Labute approximate surface area is 133 Å². The van der Waals surface area contributed by atoms with E-state index in [1.165, 1.54) is 0 Å². The largest absolute Gasteiger partial charge is 0.481 e. The fraction of sp³-hybridized carbons (Fsp3) is 0.158. The van der Waals surface area contributed by atoms with Gasteiger partial charge in [0.15, 0.2) is 0 Å². The molecule has 4 heteroatoms. The lowest BCUT2D eigenvalue weighted by atomic mass is 10.0. The zero-order valence-corrected chi connectivity index (χ0v) is 12.7. The number of benzene rings is 3. The maximum absolute atomic E-state index is 12.0. The highest BCUT2D eigenvalue weighted by Gasteiger charge is 2.14. The van der Waals surface area contributed by atoms with Crippen molar-refractivity contribution in [3.63, 3.8) is 0 Å². The molecule has 3 aromatic rings. The van der Waals surface area contributed by atoms with Crippen molar-refractivity contribution in [2.24, 2.45) is 0 Å². The highest BCUT2D eigenvalue weighted by Crippen LogP contribution is 2.35. The number of esters is 1. The minimum absolute atomic E-state index is 0.147. The molecule has 3 aromatic carbocycles. The molecule has 23 heavy (non-hydrogen) atoms. The summed E-state index contributed by atoms with van der Waals surface area (Å²) in [6.07, 6.45) is -0.382. The van der Waals surface area contributed by atoms with Crippen LogP contribution in [0, 0.1) is 6.92 Å². The first-order valence-corrected chi connectivity index (χ1v) is 7.39. The second kappa shape index (κ2) is 6.08. The summed E-state index contributed by atoms with van der Waals surface area (Å²) in [4.78, 5) is 22.6. The number of ether oxygens (including phenoxy) is 1. The summed E-state index contributed by atoms with van der Waals surface area (Å²) in [5.41, 5.74) is 1.12. The number of hydrogen-bond acceptors (Lipinski definition) is 3. The van der Waals surface area contributed by atoms with Gasteiger partial charge < -0.3 is 9.84 Å². The Morgan fingerprint density at radius 3 is 2.48 bits per heavy atom. The number of carboxylic acid groups (broad SMARTS) is 1. The van der Waals surface area contributed by atoms with Crippen molar-refractivity contribution in [1.29, 1.82) is 0 Å². The molecule has 0 aliphatic carbocycles. The summed E-state index contributed by atoms with van der Waals surface area (Å²) in [5, 5.41) is 12.3. The molecule has 1 N–H and O–H groups in total. The summed E-state index contributed by atoms with van der Waals surface area (Å²) in [6.45, 7) is 2.01. The molecule has 0 saturated heterocycles. The fourth-order valence-electron chi connectivity index (χ4n) is 2.63. The average Bonchev–Trinajstić information content (AvgIpc) is 2.52. The Morgan fingerprint density at radius 1 is 0.957 bits per heavy atom. The zero-order valence-electron chi connectivity index (χ0n) is 12.7. The molecule has 116 valence electrons. The lowest BCUT2D eigenvalue weighted by Crippen LogP contribution is -2.10. The van der Waals surface area contributed by atoms with Crippen molar-refractivity contribution < 1.29 is 19.4 Å². The van der Waals surface area contributed by atoms with Crippen LogP contribution in [0.4, 0.5) is 0 Å². The molecule has 0 atom stereocenters. The van der Waals surface area contributed by atoms with Gasteiger partial charge in [-0.25, -0.2) is 0 Å². The topological polar surface area (TPSA) is 63.6 Å². The summed E-state index contributed by atoms with van der Waals surface area (Å²) >= 11 is 0. The number of carbonyl (C=O) groups excluding carboxylic acids is 1. The fourth-order valence-corrected chi connectivity index (χ4v) is 2.63. The number of fused-ring (bicyclic) bond motifs is 2. The number of aryl methyl sites for hydroxylation is 1. The second-order valence-corrected chi connectivity index (χ2v) is 5.52. The van der Waals surface area contributed by atoms with E-state index in [0.717, 1.165) is 27.1 Å². The van der Waals surface area contributed by atoms with Crippen LogP contribution in [0.3, 0.4) is 0 Å². The Kier molecular flexibility index (Phi) is 3.98. The smallest absolute Gasteiger partial charge is 0.311 e. The summed E-state index contributed by atoms with van der Waals surface area (Å²) < 4.78 is 5.53. The van der Waals surface area contributed by atoms with Crippen molar-refractivity contribution in [3.05, 3.63) is 54.1 Å². The Bertz CT molecular complexity index is 912. The number of rotatable bonds is 4. The first-order chi connectivity index (χ1) is 11.0. The van der Waals surface area contributed by atoms with Gasteiger partial charge in [0.1, 0.15) is 5.75 Å². The molecule has 0 fully saturated rings. The summed E-state index contributed by atoms with van der Waals surface area (Å²) in [7, 11) is 0. The lowest BCUT2D eigenvalue weighted by Gasteiger charge is -2.12. The van der Waals surface area contributed by atoms with Crippen LogP contribution in [0.2, 0.25) is 0 Å². The van der Waals surface area contributed by atoms with Crippen molar-refractivity contribution in [2.45, 2.75) is 19.8 Å². The van der Waals surface area contributed by atoms with Gasteiger partial charge in [-0.3, -0.25) is 9.59 Å². The molecule has 0 spiro atoms. The van der Waals surface area contributed by atoms with E-state index >= 15 is 0 Å². The van der Waals surface area contributed by atoms with E-state index in [9.17, 15) is 9.59 Å². The molecule has 0 heterocycles. The van der Waals surface area contributed by atoms with Crippen molar-refractivity contribution >= 4 is 33.5 Å². The average molecular weight is 308 g/mol. The molecule has 0 aliphatic rings. The van der Waals surface area contributed by atoms with Crippen LogP contribution in [-0.2, 0) is 9.59 Å². The van der Waals surface area contributed by atoms with Crippen LogP contribution in [0.25, 0.3) is 21.5 Å². The van der Waals surface area contributed by atoms with Crippen LogP contribution in [0.5, 0.6) is 5.75 Å². The molecule has 0 aromatic heterocycles. The van der Waals surface area contributed by atoms with Gasteiger partial charge in [0.25, 0.3) is 0 Å². The Morgan fingerprint density at radius 2 is 1.70 bits per heavy atom. The number of carboxylic acids is 1. The minimum Gasteiger partial charge on any atom is -0.481 e. The number of hydrogen-bond donors (Lipinski definition) is 1. The molecule has 0 aliphatic heterocycles. The van der Waals surface area contributed by atoms with E-state index in [1.54, 1.807) is 0 Å². The van der Waals surface area contributed by atoms with Crippen LogP contribution in [-0.4, -0.2) is 17.0 Å². The maximum Gasteiger partial charge on any atom is 0.311 e. The molecule has 0 bridgehead atoms. The third kappa shape index (κ3) is 3.16.